The minimum Gasteiger partial charge on any atom is -0.207 e. The van der Waals surface area contributed by atoms with E-state index in [0.717, 1.165) is 6.42 Å². The van der Waals surface area contributed by atoms with Gasteiger partial charge in [-0.05, 0) is 32.8 Å². The molecule has 0 saturated carbocycles. The molecule has 0 heterocycles. The van der Waals surface area contributed by atoms with Gasteiger partial charge in [0.05, 0.1) is 0 Å². The van der Waals surface area contributed by atoms with Crippen molar-refractivity contribution in [1.29, 1.82) is 0 Å². The molecular formula is C11H17F. The summed E-state index contributed by atoms with van der Waals surface area (Å²) in [6.07, 6.45) is 6.32. The molecule has 68 valence electrons. The second-order valence-corrected chi connectivity index (χ2v) is 2.68. The van der Waals surface area contributed by atoms with Crippen LogP contribution >= 0.6 is 0 Å². The van der Waals surface area contributed by atoms with E-state index in [4.69, 9.17) is 0 Å². The monoisotopic (exact) mass is 168 g/mol. The van der Waals surface area contributed by atoms with E-state index >= 15 is 0 Å². The molecule has 12 heavy (non-hydrogen) atoms. The van der Waals surface area contributed by atoms with Gasteiger partial charge in [-0.25, -0.2) is 4.39 Å². The van der Waals surface area contributed by atoms with Crippen molar-refractivity contribution in [2.24, 2.45) is 0 Å². The first-order valence-corrected chi connectivity index (χ1v) is 4.31. The van der Waals surface area contributed by atoms with Crippen LogP contribution in [0.4, 0.5) is 4.39 Å². The van der Waals surface area contributed by atoms with Crippen LogP contribution in [0.5, 0.6) is 0 Å². The third-order valence-corrected chi connectivity index (χ3v) is 1.81. The van der Waals surface area contributed by atoms with Crippen molar-refractivity contribution in [3.05, 3.63) is 35.2 Å². The Bertz CT molecular complexity index is 219. The van der Waals surface area contributed by atoms with Crippen LogP contribution in [-0.4, -0.2) is 0 Å². The standard InChI is InChI=1S/C11H17F/c1-5-10(6-2)8-9(4)11(12)7-3/h5,7-8H,6H2,1-4H3/b9-8-,10-5-,11-7+. The lowest BCUT2D eigenvalue weighted by atomic mass is 10.1. The molecule has 0 N–H and O–H groups in total. The highest BCUT2D eigenvalue weighted by Gasteiger charge is 1.96. The van der Waals surface area contributed by atoms with Gasteiger partial charge in [-0.2, -0.15) is 0 Å². The Morgan fingerprint density at radius 1 is 1.25 bits per heavy atom. The number of hydrogen-bond acceptors (Lipinski definition) is 0. The maximum absolute atomic E-state index is 12.9. The van der Waals surface area contributed by atoms with Crippen LogP contribution in [0.2, 0.25) is 0 Å². The van der Waals surface area contributed by atoms with Gasteiger partial charge in [-0.15, -0.1) is 0 Å². The van der Waals surface area contributed by atoms with Crippen LogP contribution in [-0.2, 0) is 0 Å². The fraction of sp³-hybridized carbons (Fsp3) is 0.455. The summed E-state index contributed by atoms with van der Waals surface area (Å²) in [5, 5.41) is 0. The molecule has 0 atom stereocenters. The highest BCUT2D eigenvalue weighted by molar-refractivity contribution is 5.31. The zero-order valence-electron chi connectivity index (χ0n) is 8.32. The molecule has 0 bridgehead atoms. The summed E-state index contributed by atoms with van der Waals surface area (Å²) in [5.41, 5.74) is 1.87. The molecule has 0 fully saturated rings. The molecule has 0 aliphatic carbocycles. The maximum Gasteiger partial charge on any atom is 0.121 e. The lowest BCUT2D eigenvalue weighted by molar-refractivity contribution is 0.649. The Hall–Kier alpha value is -0.850. The van der Waals surface area contributed by atoms with Crippen molar-refractivity contribution in [2.75, 3.05) is 0 Å². The van der Waals surface area contributed by atoms with Gasteiger partial charge < -0.3 is 0 Å². The third kappa shape index (κ3) is 3.51. The maximum atomic E-state index is 12.9. The summed E-state index contributed by atoms with van der Waals surface area (Å²) in [6, 6.07) is 0. The molecule has 1 heteroatoms. The largest absolute Gasteiger partial charge is 0.207 e. The zero-order valence-corrected chi connectivity index (χ0v) is 8.32. The molecule has 0 rings (SSSR count). The molecule has 0 amide bonds. The van der Waals surface area contributed by atoms with Gasteiger partial charge in [-0.1, -0.05) is 30.7 Å². The van der Waals surface area contributed by atoms with E-state index in [9.17, 15) is 4.39 Å². The van der Waals surface area contributed by atoms with Gasteiger partial charge in [0.1, 0.15) is 5.83 Å². The fourth-order valence-electron chi connectivity index (χ4n) is 0.964. The highest BCUT2D eigenvalue weighted by atomic mass is 19.1. The lowest BCUT2D eigenvalue weighted by Crippen LogP contribution is -1.80. The van der Waals surface area contributed by atoms with Crippen molar-refractivity contribution < 1.29 is 4.39 Å². The van der Waals surface area contributed by atoms with Crippen LogP contribution in [0.15, 0.2) is 35.2 Å². The average molecular weight is 168 g/mol. The average Bonchev–Trinajstić information content (AvgIpc) is 2.12. The molecule has 0 radical (unpaired) electrons. The molecule has 0 aromatic heterocycles. The van der Waals surface area contributed by atoms with E-state index in [2.05, 4.69) is 6.92 Å². The molecule has 0 spiro atoms. The second-order valence-electron chi connectivity index (χ2n) is 2.68. The van der Waals surface area contributed by atoms with E-state index in [1.807, 2.05) is 19.1 Å². The highest BCUT2D eigenvalue weighted by Crippen LogP contribution is 2.14. The molecule has 0 aliphatic rings. The predicted octanol–water partition coefficient (Wildman–Crippen LogP) is 4.16. The Morgan fingerprint density at radius 2 is 1.83 bits per heavy atom. The summed E-state index contributed by atoms with van der Waals surface area (Å²) in [6.45, 7) is 7.52. The zero-order chi connectivity index (χ0) is 9.56. The Kier molecular flexibility index (Phi) is 5.35. The summed E-state index contributed by atoms with van der Waals surface area (Å²) in [5.74, 6) is -0.136. The topological polar surface area (TPSA) is 0 Å². The number of halogens is 1. The first-order valence-electron chi connectivity index (χ1n) is 4.31. The van der Waals surface area contributed by atoms with Gasteiger partial charge in [0.2, 0.25) is 0 Å². The van der Waals surface area contributed by atoms with Crippen LogP contribution in [0.3, 0.4) is 0 Å². The Balaban J connectivity index is 4.55. The molecule has 0 aromatic rings. The SMILES string of the molecule is C\C=C(/C=C(C)\C(F)=C/C)CC. The number of rotatable bonds is 3. The quantitative estimate of drug-likeness (QED) is 0.555. The predicted molar refractivity (Wildman–Crippen MR) is 52.7 cm³/mol. The molecule has 0 unspecified atom stereocenters. The van der Waals surface area contributed by atoms with Gasteiger partial charge in [0.15, 0.2) is 0 Å². The Labute approximate surface area is 74.5 Å². The first-order chi connectivity index (χ1) is 5.65. The lowest BCUT2D eigenvalue weighted by Gasteiger charge is -1.99. The van der Waals surface area contributed by atoms with Crippen molar-refractivity contribution in [1.82, 2.24) is 0 Å². The first kappa shape index (κ1) is 11.2. The van der Waals surface area contributed by atoms with Gasteiger partial charge in [0, 0.05) is 0 Å². The van der Waals surface area contributed by atoms with E-state index in [1.54, 1.807) is 13.8 Å². The van der Waals surface area contributed by atoms with E-state index in [0.29, 0.717) is 5.57 Å². The van der Waals surface area contributed by atoms with E-state index in [1.165, 1.54) is 11.6 Å². The molecular weight excluding hydrogens is 151 g/mol. The van der Waals surface area contributed by atoms with Crippen molar-refractivity contribution in [3.8, 4) is 0 Å². The van der Waals surface area contributed by atoms with Crippen molar-refractivity contribution in [3.63, 3.8) is 0 Å². The molecule has 0 aliphatic heterocycles. The normalized spacial score (nSPS) is 15.2. The summed E-state index contributed by atoms with van der Waals surface area (Å²) in [7, 11) is 0. The molecule has 0 nitrogen and oxygen atoms in total. The summed E-state index contributed by atoms with van der Waals surface area (Å²) >= 11 is 0. The smallest absolute Gasteiger partial charge is 0.121 e. The minimum atomic E-state index is -0.136. The van der Waals surface area contributed by atoms with Crippen LogP contribution in [0, 0.1) is 0 Å². The van der Waals surface area contributed by atoms with Crippen LogP contribution < -0.4 is 0 Å². The van der Waals surface area contributed by atoms with Crippen LogP contribution in [0.1, 0.15) is 34.1 Å². The molecule has 0 saturated heterocycles. The number of allylic oxidation sites excluding steroid dienone is 6. The number of hydrogen-bond donors (Lipinski definition) is 0. The van der Waals surface area contributed by atoms with E-state index < -0.39 is 0 Å². The van der Waals surface area contributed by atoms with Crippen LogP contribution in [0.25, 0.3) is 0 Å². The van der Waals surface area contributed by atoms with Gasteiger partial charge >= 0.3 is 0 Å². The van der Waals surface area contributed by atoms with Crippen molar-refractivity contribution in [2.45, 2.75) is 34.1 Å². The fourth-order valence-corrected chi connectivity index (χ4v) is 0.964. The van der Waals surface area contributed by atoms with E-state index in [-0.39, 0.29) is 5.83 Å². The summed E-state index contributed by atoms with van der Waals surface area (Å²) < 4.78 is 12.9. The van der Waals surface area contributed by atoms with Crippen molar-refractivity contribution >= 4 is 0 Å². The minimum absolute atomic E-state index is 0.136. The second kappa shape index (κ2) is 5.76. The van der Waals surface area contributed by atoms with Gasteiger partial charge in [0.25, 0.3) is 0 Å². The molecule has 0 aromatic carbocycles. The summed E-state index contributed by atoms with van der Waals surface area (Å²) in [4.78, 5) is 0. The Morgan fingerprint density at radius 3 is 2.17 bits per heavy atom. The van der Waals surface area contributed by atoms with Gasteiger partial charge in [-0.3, -0.25) is 0 Å². The third-order valence-electron chi connectivity index (χ3n) is 1.81.